The number of cyclic esters (lactones) is 1. The van der Waals surface area contributed by atoms with Crippen molar-refractivity contribution in [2.75, 3.05) is 6.61 Å². The number of rotatable bonds is 11. The Morgan fingerprint density at radius 1 is 0.957 bits per heavy atom. The van der Waals surface area contributed by atoms with Gasteiger partial charge in [0.1, 0.15) is 17.4 Å². The van der Waals surface area contributed by atoms with Gasteiger partial charge in [0.25, 0.3) is 0 Å². The number of Topliss-reactive ketones (excluding diaryl/α,β-unsaturated/α-hetero) is 1. The first-order chi connectivity index (χ1) is 21.9. The van der Waals surface area contributed by atoms with E-state index in [-0.39, 0.29) is 48.7 Å². The molecule has 0 aromatic heterocycles. The maximum atomic E-state index is 17.5. The molecule has 9 heteroatoms. The van der Waals surface area contributed by atoms with Gasteiger partial charge in [-0.05, 0) is 68.9 Å². The number of ether oxygens (including phenoxy) is 3. The van der Waals surface area contributed by atoms with Crippen LogP contribution in [0, 0.1) is 22.7 Å². The highest BCUT2D eigenvalue weighted by Crippen LogP contribution is 2.71. The number of unbranched alkanes of at least 4 members (excludes halogenated alkanes) is 6. The number of carbonyl (C=O) groups is 3. The number of hydrogen-bond acceptors (Lipinski definition) is 7. The molecule has 1 N–H and O–H groups in total. The summed E-state index contributed by atoms with van der Waals surface area (Å²) in [6.07, 6.45) is 7.18. The van der Waals surface area contributed by atoms with E-state index in [1.807, 2.05) is 13.8 Å². The van der Waals surface area contributed by atoms with Crippen LogP contribution in [0.5, 0.6) is 0 Å². The first kappa shape index (κ1) is 35.6. The normalized spacial score (nSPS) is 41.8. The van der Waals surface area contributed by atoms with Gasteiger partial charge in [-0.25, -0.2) is 13.6 Å². The Morgan fingerprint density at radius 3 is 2.39 bits per heavy atom. The molecule has 260 valence electrons. The van der Waals surface area contributed by atoms with Crippen LogP contribution >= 0.6 is 0 Å². The third-order valence-electron chi connectivity index (χ3n) is 12.8. The molecule has 1 heterocycles. The minimum atomic E-state index is -1.71. The lowest BCUT2D eigenvalue weighted by Gasteiger charge is -2.62. The summed E-state index contributed by atoms with van der Waals surface area (Å²) in [6, 6.07) is 0. The zero-order valence-corrected chi connectivity index (χ0v) is 28.4. The van der Waals surface area contributed by atoms with Gasteiger partial charge in [0, 0.05) is 23.2 Å². The topological polar surface area (TPSA) is 99.1 Å². The molecular weight excluding hydrogens is 594 g/mol. The highest BCUT2D eigenvalue weighted by atomic mass is 19.1. The Hall–Kier alpha value is -1.71. The lowest BCUT2D eigenvalue weighted by molar-refractivity contribution is -0.266. The average molecular weight is 651 g/mol. The van der Waals surface area contributed by atoms with E-state index in [9.17, 15) is 19.5 Å². The Kier molecular flexibility index (Phi) is 10.9. The van der Waals surface area contributed by atoms with Gasteiger partial charge in [0.15, 0.2) is 24.8 Å². The number of ketones is 2. The molecule has 0 radical (unpaired) electrons. The fourth-order valence-corrected chi connectivity index (χ4v) is 10.0. The monoisotopic (exact) mass is 650 g/mol. The van der Waals surface area contributed by atoms with E-state index in [1.165, 1.54) is 25.3 Å². The number of aliphatic hydroxyl groups excluding tert-OH is 1. The van der Waals surface area contributed by atoms with Crippen molar-refractivity contribution in [2.45, 2.75) is 173 Å². The molecule has 10 atom stereocenters. The zero-order valence-electron chi connectivity index (χ0n) is 28.4. The SMILES string of the molecule is CCCCCCCCCC(O)C1OC(CCC)O[C@@]2(CC[C@H]3[C@@H]4C[C@H](F)C5=CC(=O)CC[C@]5(C)[C@@]4(F)CC[C@@]32C)C(=O)COC1=O. The van der Waals surface area contributed by atoms with Crippen LogP contribution in [0.25, 0.3) is 0 Å². The molecule has 0 amide bonds. The first-order valence-electron chi connectivity index (χ1n) is 18.2. The largest absolute Gasteiger partial charge is 0.456 e. The van der Waals surface area contributed by atoms with Crippen LogP contribution in [0.1, 0.15) is 137 Å². The maximum Gasteiger partial charge on any atom is 0.338 e. The van der Waals surface area contributed by atoms with Crippen molar-refractivity contribution in [3.05, 3.63) is 11.6 Å². The van der Waals surface area contributed by atoms with Crippen molar-refractivity contribution >= 4 is 17.5 Å². The van der Waals surface area contributed by atoms with Crippen molar-refractivity contribution in [3.63, 3.8) is 0 Å². The lowest BCUT2D eigenvalue weighted by atomic mass is 9.44. The zero-order chi connectivity index (χ0) is 33.3. The molecule has 0 aromatic carbocycles. The highest BCUT2D eigenvalue weighted by molar-refractivity contribution is 5.93. The molecule has 46 heavy (non-hydrogen) atoms. The van der Waals surface area contributed by atoms with Crippen LogP contribution < -0.4 is 0 Å². The summed E-state index contributed by atoms with van der Waals surface area (Å²) < 4.78 is 51.9. The summed E-state index contributed by atoms with van der Waals surface area (Å²) in [4.78, 5) is 39.7. The summed E-state index contributed by atoms with van der Waals surface area (Å²) in [5.41, 5.74) is -4.74. The number of carbonyl (C=O) groups excluding carboxylic acids is 3. The van der Waals surface area contributed by atoms with E-state index in [4.69, 9.17) is 14.2 Å². The first-order valence-corrected chi connectivity index (χ1v) is 18.2. The second kappa shape index (κ2) is 14.0. The molecule has 3 saturated carbocycles. The number of aliphatic hydroxyl groups is 1. The van der Waals surface area contributed by atoms with E-state index in [2.05, 4.69) is 6.92 Å². The molecule has 1 saturated heterocycles. The summed E-state index contributed by atoms with van der Waals surface area (Å²) in [5.74, 6) is -2.30. The Bertz CT molecular complexity index is 1170. The predicted octanol–water partition coefficient (Wildman–Crippen LogP) is 7.45. The number of alkyl halides is 2. The van der Waals surface area contributed by atoms with Gasteiger partial charge in [0.2, 0.25) is 5.78 Å². The summed E-state index contributed by atoms with van der Waals surface area (Å²) in [7, 11) is 0. The summed E-state index contributed by atoms with van der Waals surface area (Å²) in [6.45, 7) is 7.36. The van der Waals surface area contributed by atoms with Crippen molar-refractivity contribution in [3.8, 4) is 0 Å². The molecule has 7 nitrogen and oxygen atoms in total. The molecule has 3 unspecified atom stereocenters. The van der Waals surface area contributed by atoms with Gasteiger partial charge in [-0.1, -0.05) is 79.1 Å². The van der Waals surface area contributed by atoms with E-state index in [0.29, 0.717) is 38.5 Å². The average Bonchev–Trinajstić information content (AvgIpc) is 3.34. The number of halogens is 2. The molecular formula is C37H56F2O7. The second-order valence-corrected chi connectivity index (χ2v) is 15.4. The maximum absolute atomic E-state index is 17.5. The Labute approximate surface area is 273 Å². The third kappa shape index (κ3) is 6.04. The minimum Gasteiger partial charge on any atom is -0.456 e. The Balaban J connectivity index is 1.37. The summed E-state index contributed by atoms with van der Waals surface area (Å²) >= 11 is 0. The lowest BCUT2D eigenvalue weighted by Crippen LogP contribution is -2.66. The van der Waals surface area contributed by atoms with E-state index < -0.39 is 65.3 Å². The van der Waals surface area contributed by atoms with E-state index in [0.717, 1.165) is 25.7 Å². The van der Waals surface area contributed by atoms with Gasteiger partial charge in [-0.3, -0.25) is 9.59 Å². The van der Waals surface area contributed by atoms with Crippen molar-refractivity contribution in [1.82, 2.24) is 0 Å². The second-order valence-electron chi connectivity index (χ2n) is 15.4. The molecule has 5 rings (SSSR count). The van der Waals surface area contributed by atoms with Crippen LogP contribution in [-0.4, -0.2) is 65.2 Å². The van der Waals surface area contributed by atoms with Crippen LogP contribution in [0.2, 0.25) is 0 Å². The molecule has 4 aliphatic carbocycles. The van der Waals surface area contributed by atoms with Gasteiger partial charge in [-0.15, -0.1) is 0 Å². The third-order valence-corrected chi connectivity index (χ3v) is 12.8. The number of allylic oxidation sites excluding steroid dienone is 1. The number of hydrogen-bond donors (Lipinski definition) is 1. The molecule has 0 aromatic rings. The van der Waals surface area contributed by atoms with Crippen molar-refractivity contribution < 1.29 is 42.5 Å². The predicted molar refractivity (Wildman–Crippen MR) is 169 cm³/mol. The summed E-state index contributed by atoms with van der Waals surface area (Å²) in [5, 5.41) is 11.1. The standard InChI is InChI=1S/C37H56F2O7/c1-5-7-8-9-10-11-12-14-29(41)32-33(43)44-23-30(42)37(46-31(45-32)13-6-2)18-16-25-26-22-28(38)27-21-24(40)15-17-34(27,3)36(26,39)20-19-35(25,37)4/h21,25-26,28-29,31-32,41H,5-20,22-23H2,1-4H3/t25-,26-,28-,29?,31?,32?,34-,35-,36+,37-/m0/s1. The van der Waals surface area contributed by atoms with Crippen LogP contribution in [0.3, 0.4) is 0 Å². The fraction of sp³-hybridized carbons (Fsp3) is 0.865. The fourth-order valence-electron chi connectivity index (χ4n) is 10.0. The van der Waals surface area contributed by atoms with Crippen LogP contribution in [0.15, 0.2) is 11.6 Å². The number of fused-ring (bicyclic) bond motifs is 6. The minimum absolute atomic E-state index is 0.0352. The number of esters is 1. The van der Waals surface area contributed by atoms with Gasteiger partial charge < -0.3 is 19.3 Å². The van der Waals surface area contributed by atoms with Crippen LogP contribution in [0.4, 0.5) is 8.78 Å². The molecule has 5 aliphatic rings. The van der Waals surface area contributed by atoms with Crippen LogP contribution in [-0.2, 0) is 28.6 Å². The van der Waals surface area contributed by atoms with Crippen molar-refractivity contribution in [1.29, 1.82) is 0 Å². The van der Waals surface area contributed by atoms with Gasteiger partial charge >= 0.3 is 5.97 Å². The molecule has 1 spiro atoms. The molecule has 1 aliphatic heterocycles. The quantitative estimate of drug-likeness (QED) is 0.183. The van der Waals surface area contributed by atoms with E-state index >= 15 is 8.78 Å². The molecule has 0 bridgehead atoms. The van der Waals surface area contributed by atoms with Gasteiger partial charge in [-0.2, -0.15) is 0 Å². The van der Waals surface area contributed by atoms with E-state index in [1.54, 1.807) is 6.92 Å². The Morgan fingerprint density at radius 2 is 1.67 bits per heavy atom. The van der Waals surface area contributed by atoms with Gasteiger partial charge in [0.05, 0.1) is 6.10 Å². The highest BCUT2D eigenvalue weighted by Gasteiger charge is 2.73. The van der Waals surface area contributed by atoms with Crippen molar-refractivity contribution in [2.24, 2.45) is 22.7 Å². The molecule has 4 fully saturated rings. The smallest absolute Gasteiger partial charge is 0.338 e.